The molecule has 1 N–H and O–H groups in total. The highest BCUT2D eigenvalue weighted by Gasteiger charge is 2.73. The van der Waals surface area contributed by atoms with Crippen LogP contribution in [0.15, 0.2) is 77.3 Å². The Labute approximate surface area is 233 Å². The molecule has 1 saturated heterocycles. The maximum Gasteiger partial charge on any atom is 0.247 e. The molecule has 3 aromatic carbocycles. The van der Waals surface area contributed by atoms with Gasteiger partial charge in [-0.25, -0.2) is 0 Å². The van der Waals surface area contributed by atoms with Gasteiger partial charge in [-0.05, 0) is 52.4 Å². The lowest BCUT2D eigenvalue weighted by Crippen LogP contribution is -2.57. The molecule has 3 aliphatic carbocycles. The molecule has 3 amide bonds. The summed E-state index contributed by atoms with van der Waals surface area (Å²) in [5.74, 6) is -3.60. The van der Waals surface area contributed by atoms with E-state index in [2.05, 4.69) is 21.2 Å². The molecule has 0 saturated carbocycles. The third-order valence-electron chi connectivity index (χ3n) is 7.91. The largest absolute Gasteiger partial charge is 0.324 e. The van der Waals surface area contributed by atoms with Crippen molar-refractivity contribution in [1.29, 1.82) is 0 Å². The zero-order chi connectivity index (χ0) is 26.3. The average molecular weight is 598 g/mol. The molecule has 188 valence electrons. The first-order chi connectivity index (χ1) is 17.6. The summed E-state index contributed by atoms with van der Waals surface area (Å²) >= 11 is 18.4. The van der Waals surface area contributed by atoms with Crippen LogP contribution < -0.4 is 5.32 Å². The Balaban J connectivity index is 1.48. The van der Waals surface area contributed by atoms with Crippen LogP contribution in [-0.4, -0.2) is 28.7 Å². The van der Waals surface area contributed by atoms with Gasteiger partial charge in [-0.3, -0.25) is 19.3 Å². The molecule has 1 fully saturated rings. The number of anilines is 1. The lowest BCUT2D eigenvalue weighted by molar-refractivity contribution is -0.148. The zero-order valence-corrected chi connectivity index (χ0v) is 23.1. The van der Waals surface area contributed by atoms with Crippen LogP contribution in [0.25, 0.3) is 0 Å². The number of hydrogen-bond acceptors (Lipinski definition) is 3. The van der Waals surface area contributed by atoms with Crippen molar-refractivity contribution in [2.45, 2.75) is 29.6 Å². The SMILES string of the molecule is CC(C)[C@@H](C(=O)Nc1ccc(Br)cc1)N1C(=O)[C@H]2[C@H](C1=O)C1(Cl)c3ccccc3C2(Cl)c2ccccc21. The Hall–Kier alpha value is -2.67. The van der Waals surface area contributed by atoms with Crippen molar-refractivity contribution >= 4 is 62.5 Å². The van der Waals surface area contributed by atoms with Gasteiger partial charge in [0.1, 0.15) is 15.8 Å². The van der Waals surface area contributed by atoms with Gasteiger partial charge in [0, 0.05) is 10.2 Å². The summed E-state index contributed by atoms with van der Waals surface area (Å²) in [4.78, 5) is 40.6. The minimum Gasteiger partial charge on any atom is -0.324 e. The van der Waals surface area contributed by atoms with E-state index >= 15 is 0 Å². The van der Waals surface area contributed by atoms with Crippen molar-refractivity contribution in [2.75, 3.05) is 5.32 Å². The van der Waals surface area contributed by atoms with Gasteiger partial charge in [0.2, 0.25) is 17.7 Å². The van der Waals surface area contributed by atoms with Gasteiger partial charge < -0.3 is 5.32 Å². The fraction of sp³-hybridized carbons (Fsp3) is 0.276. The summed E-state index contributed by atoms with van der Waals surface area (Å²) in [5.41, 5.74) is 3.49. The van der Waals surface area contributed by atoms with E-state index in [-0.39, 0.29) is 5.92 Å². The summed E-state index contributed by atoms with van der Waals surface area (Å²) in [6.45, 7) is 3.64. The predicted octanol–water partition coefficient (Wildman–Crippen LogP) is 6.01. The third kappa shape index (κ3) is 3.19. The first-order valence-corrected chi connectivity index (χ1v) is 13.7. The molecular weight excluding hydrogens is 575 g/mol. The lowest BCUT2D eigenvalue weighted by atomic mass is 9.54. The van der Waals surface area contributed by atoms with Crippen molar-refractivity contribution in [3.63, 3.8) is 0 Å². The van der Waals surface area contributed by atoms with Crippen LogP contribution in [0.4, 0.5) is 5.69 Å². The van der Waals surface area contributed by atoms with Crippen LogP contribution >= 0.6 is 39.1 Å². The zero-order valence-electron chi connectivity index (χ0n) is 20.0. The standard InChI is InChI=1S/C29H23BrCl2N2O3/c1-15(2)24(25(35)33-17-13-11-16(30)12-14-17)34-26(36)22-23(27(34)37)29(32)19-8-4-3-7-18(19)28(22,31)20-9-5-6-10-21(20)29/h3-15,22-24H,1-2H3,(H,33,35)/t22-,23-,24+,28?,29?/m1/s1. The number of carbonyl (C=O) groups excluding carboxylic acids is 3. The Bertz CT molecular complexity index is 1350. The van der Waals surface area contributed by atoms with E-state index in [4.69, 9.17) is 23.2 Å². The maximum absolute atomic E-state index is 14.2. The van der Waals surface area contributed by atoms with Crippen LogP contribution in [0.3, 0.4) is 0 Å². The van der Waals surface area contributed by atoms with Crippen molar-refractivity contribution in [3.8, 4) is 0 Å². The predicted molar refractivity (Wildman–Crippen MR) is 146 cm³/mol. The van der Waals surface area contributed by atoms with Gasteiger partial charge in [-0.1, -0.05) is 78.3 Å². The van der Waals surface area contributed by atoms with E-state index in [0.29, 0.717) is 5.69 Å². The van der Waals surface area contributed by atoms with Crippen LogP contribution in [0, 0.1) is 17.8 Å². The Kier molecular flexibility index (Phi) is 5.61. The molecule has 5 nitrogen and oxygen atoms in total. The van der Waals surface area contributed by atoms with Gasteiger partial charge in [0.25, 0.3) is 0 Å². The molecule has 0 radical (unpaired) electrons. The lowest BCUT2D eigenvalue weighted by Gasteiger charge is -2.54. The number of nitrogens with zero attached hydrogens (tertiary/aromatic N) is 1. The number of benzene rings is 3. The highest BCUT2D eigenvalue weighted by Crippen LogP contribution is 2.69. The van der Waals surface area contributed by atoms with Crippen LogP contribution in [0.2, 0.25) is 0 Å². The molecule has 0 aromatic heterocycles. The van der Waals surface area contributed by atoms with Crippen molar-refractivity contribution in [2.24, 2.45) is 17.8 Å². The van der Waals surface area contributed by atoms with Gasteiger partial charge in [0.15, 0.2) is 0 Å². The first-order valence-electron chi connectivity index (χ1n) is 12.1. The fourth-order valence-electron chi connectivity index (χ4n) is 6.43. The summed E-state index contributed by atoms with van der Waals surface area (Å²) < 4.78 is 0.870. The van der Waals surface area contributed by atoms with E-state index in [0.717, 1.165) is 31.6 Å². The second kappa shape index (κ2) is 8.42. The Morgan fingerprint density at radius 1 is 0.811 bits per heavy atom. The number of halogens is 3. The molecule has 2 bridgehead atoms. The Morgan fingerprint density at radius 3 is 1.59 bits per heavy atom. The third-order valence-corrected chi connectivity index (χ3v) is 9.72. The smallest absolute Gasteiger partial charge is 0.247 e. The van der Waals surface area contributed by atoms with Crippen LogP contribution in [0.1, 0.15) is 36.1 Å². The molecule has 3 atom stereocenters. The molecule has 0 spiro atoms. The molecule has 7 rings (SSSR count). The average Bonchev–Trinajstić information content (AvgIpc) is 3.15. The topological polar surface area (TPSA) is 66.5 Å². The second-order valence-corrected chi connectivity index (χ2v) is 12.3. The molecule has 1 aliphatic heterocycles. The number of hydrogen-bond donors (Lipinski definition) is 1. The number of carbonyl (C=O) groups is 3. The van der Waals surface area contributed by atoms with Gasteiger partial charge in [-0.15, -0.1) is 23.2 Å². The highest BCUT2D eigenvalue weighted by atomic mass is 79.9. The fourth-order valence-corrected chi connectivity index (χ4v) is 7.79. The number of alkyl halides is 2. The highest BCUT2D eigenvalue weighted by molar-refractivity contribution is 9.10. The quantitative estimate of drug-likeness (QED) is 0.296. The first kappa shape index (κ1) is 24.7. The summed E-state index contributed by atoms with van der Waals surface area (Å²) in [5, 5.41) is 2.87. The van der Waals surface area contributed by atoms with Crippen molar-refractivity contribution in [1.82, 2.24) is 4.90 Å². The summed E-state index contributed by atoms with van der Waals surface area (Å²) in [7, 11) is 0. The monoisotopic (exact) mass is 596 g/mol. The minimum absolute atomic E-state index is 0.344. The number of likely N-dealkylation sites (tertiary alicyclic amines) is 1. The second-order valence-electron chi connectivity index (χ2n) is 10.2. The van der Waals surface area contributed by atoms with Gasteiger partial charge >= 0.3 is 0 Å². The Morgan fingerprint density at radius 2 is 1.22 bits per heavy atom. The molecule has 4 aliphatic rings. The van der Waals surface area contributed by atoms with Crippen LogP contribution in [-0.2, 0) is 24.1 Å². The summed E-state index contributed by atoms with van der Waals surface area (Å²) in [6.07, 6.45) is 0. The molecule has 37 heavy (non-hydrogen) atoms. The van der Waals surface area contributed by atoms with Crippen molar-refractivity contribution in [3.05, 3.63) is 99.5 Å². The van der Waals surface area contributed by atoms with Gasteiger partial charge in [0.05, 0.1) is 11.8 Å². The van der Waals surface area contributed by atoms with E-state index in [1.54, 1.807) is 24.3 Å². The van der Waals surface area contributed by atoms with E-state index in [1.807, 2.05) is 62.4 Å². The number of amides is 3. The molecule has 3 aromatic rings. The summed E-state index contributed by atoms with van der Waals surface area (Å²) in [6, 6.07) is 21.1. The normalized spacial score (nSPS) is 28.1. The molecular formula is C29H23BrCl2N2O3. The molecule has 0 unspecified atom stereocenters. The van der Waals surface area contributed by atoms with Crippen molar-refractivity contribution < 1.29 is 14.4 Å². The molecule has 1 heterocycles. The molecule has 8 heteroatoms. The van der Waals surface area contributed by atoms with E-state index in [1.165, 1.54) is 0 Å². The van der Waals surface area contributed by atoms with Gasteiger partial charge in [-0.2, -0.15) is 0 Å². The number of nitrogens with one attached hydrogen (secondary N) is 1. The van der Waals surface area contributed by atoms with E-state index < -0.39 is 45.3 Å². The van der Waals surface area contributed by atoms with Crippen LogP contribution in [0.5, 0.6) is 0 Å². The number of rotatable bonds is 4. The number of imide groups is 1. The minimum atomic E-state index is -1.28. The maximum atomic E-state index is 14.2. The van der Waals surface area contributed by atoms with E-state index in [9.17, 15) is 14.4 Å².